The lowest BCUT2D eigenvalue weighted by Crippen LogP contribution is -2.32. The number of carbonyl (C=O) groups excluding carboxylic acids is 1. The molecule has 1 atom stereocenters. The Hall–Kier alpha value is -2.82. The Morgan fingerprint density at radius 3 is 2.80 bits per heavy atom. The molecule has 3 aromatic rings. The number of benzene rings is 2. The van der Waals surface area contributed by atoms with Gasteiger partial charge in [0.15, 0.2) is 0 Å². The Labute approximate surface area is 146 Å². The molecule has 1 amide bonds. The van der Waals surface area contributed by atoms with Gasteiger partial charge in [-0.1, -0.05) is 24.3 Å². The Morgan fingerprint density at radius 2 is 2.04 bits per heavy atom. The van der Waals surface area contributed by atoms with E-state index in [9.17, 15) is 4.79 Å². The third-order valence-corrected chi connectivity index (χ3v) is 4.81. The molecule has 1 fully saturated rings. The maximum absolute atomic E-state index is 12.8. The minimum atomic E-state index is 0.0400. The van der Waals surface area contributed by atoms with Crippen LogP contribution in [-0.4, -0.2) is 34.4 Å². The highest BCUT2D eigenvalue weighted by molar-refractivity contribution is 5.80. The number of amides is 1. The van der Waals surface area contributed by atoms with Crippen molar-refractivity contribution in [3.8, 4) is 5.75 Å². The van der Waals surface area contributed by atoms with Crippen LogP contribution in [0.2, 0.25) is 0 Å². The molecule has 128 valence electrons. The summed E-state index contributed by atoms with van der Waals surface area (Å²) < 4.78 is 5.17. The summed E-state index contributed by atoms with van der Waals surface area (Å²) in [5, 5.41) is 0. The van der Waals surface area contributed by atoms with Crippen molar-refractivity contribution in [3.63, 3.8) is 0 Å². The summed E-state index contributed by atoms with van der Waals surface area (Å²) in [6.45, 7) is 0.788. The molecule has 0 unspecified atom stereocenters. The monoisotopic (exact) mass is 335 g/mol. The molecule has 0 aliphatic carbocycles. The number of ether oxygens (including phenoxy) is 1. The number of imidazole rings is 1. The molecular formula is C20H21N3O2. The predicted molar refractivity (Wildman–Crippen MR) is 96.5 cm³/mol. The van der Waals surface area contributed by atoms with Gasteiger partial charge in [-0.15, -0.1) is 0 Å². The summed E-state index contributed by atoms with van der Waals surface area (Å²) in [4.78, 5) is 22.9. The molecule has 0 saturated carbocycles. The molecule has 5 nitrogen and oxygen atoms in total. The summed E-state index contributed by atoms with van der Waals surface area (Å²) in [6.07, 6.45) is 2.37. The van der Waals surface area contributed by atoms with Crippen molar-refractivity contribution in [1.82, 2.24) is 14.9 Å². The number of hydrogen-bond donors (Lipinski definition) is 1. The van der Waals surface area contributed by atoms with Crippen molar-refractivity contribution < 1.29 is 9.53 Å². The second-order valence-electron chi connectivity index (χ2n) is 6.41. The van der Waals surface area contributed by atoms with Crippen LogP contribution in [0.5, 0.6) is 5.75 Å². The molecule has 25 heavy (non-hydrogen) atoms. The average Bonchev–Trinajstić information content (AvgIpc) is 3.28. The number of hydrogen-bond acceptors (Lipinski definition) is 3. The predicted octanol–water partition coefficient (Wildman–Crippen LogP) is 3.48. The fourth-order valence-electron chi connectivity index (χ4n) is 3.50. The minimum absolute atomic E-state index is 0.0400. The van der Waals surface area contributed by atoms with Gasteiger partial charge in [0.05, 0.1) is 30.6 Å². The molecule has 1 saturated heterocycles. The van der Waals surface area contributed by atoms with Gasteiger partial charge in [-0.25, -0.2) is 4.98 Å². The zero-order valence-corrected chi connectivity index (χ0v) is 14.2. The minimum Gasteiger partial charge on any atom is -0.497 e. The lowest BCUT2D eigenvalue weighted by Gasteiger charge is -2.23. The van der Waals surface area contributed by atoms with E-state index in [1.54, 1.807) is 7.11 Å². The van der Waals surface area contributed by atoms with E-state index in [2.05, 4.69) is 4.98 Å². The molecule has 4 rings (SSSR count). The molecule has 0 radical (unpaired) electrons. The van der Waals surface area contributed by atoms with Crippen molar-refractivity contribution in [3.05, 3.63) is 59.9 Å². The number of fused-ring (bicyclic) bond motifs is 1. The van der Waals surface area contributed by atoms with Crippen molar-refractivity contribution in [2.45, 2.75) is 25.3 Å². The summed E-state index contributed by atoms with van der Waals surface area (Å²) in [6, 6.07) is 15.7. The van der Waals surface area contributed by atoms with Crippen LogP contribution in [0.25, 0.3) is 11.0 Å². The van der Waals surface area contributed by atoms with Crippen LogP contribution in [0.15, 0.2) is 48.5 Å². The van der Waals surface area contributed by atoms with Crippen molar-refractivity contribution in [2.75, 3.05) is 13.7 Å². The molecule has 0 spiro atoms. The van der Waals surface area contributed by atoms with Crippen LogP contribution < -0.4 is 4.74 Å². The van der Waals surface area contributed by atoms with E-state index in [1.165, 1.54) is 0 Å². The van der Waals surface area contributed by atoms with Crippen LogP contribution in [0.1, 0.15) is 30.3 Å². The first-order chi connectivity index (χ1) is 12.2. The zero-order chi connectivity index (χ0) is 17.2. The second-order valence-corrected chi connectivity index (χ2v) is 6.41. The van der Waals surface area contributed by atoms with E-state index >= 15 is 0 Å². The molecule has 5 heteroatoms. The van der Waals surface area contributed by atoms with E-state index in [-0.39, 0.29) is 11.9 Å². The maximum atomic E-state index is 12.8. The first-order valence-corrected chi connectivity index (χ1v) is 8.61. The number of para-hydroxylation sites is 2. The number of methoxy groups -OCH3 is 1. The van der Waals surface area contributed by atoms with Gasteiger partial charge in [0.2, 0.25) is 5.91 Å². The van der Waals surface area contributed by atoms with E-state index in [1.807, 2.05) is 53.4 Å². The molecule has 0 bridgehead atoms. The topological polar surface area (TPSA) is 58.2 Å². The number of nitrogens with zero attached hydrogens (tertiary/aromatic N) is 2. The van der Waals surface area contributed by atoms with Gasteiger partial charge in [-0.2, -0.15) is 0 Å². The largest absolute Gasteiger partial charge is 0.497 e. The lowest BCUT2D eigenvalue weighted by molar-refractivity contribution is -0.131. The zero-order valence-electron chi connectivity index (χ0n) is 14.2. The van der Waals surface area contributed by atoms with Crippen LogP contribution in [0.3, 0.4) is 0 Å². The molecule has 1 aliphatic heterocycles. The summed E-state index contributed by atoms with van der Waals surface area (Å²) >= 11 is 0. The number of H-pyrrole nitrogens is 1. The van der Waals surface area contributed by atoms with Crippen LogP contribution in [0.4, 0.5) is 0 Å². The lowest BCUT2D eigenvalue weighted by atomic mass is 10.1. The van der Waals surface area contributed by atoms with Crippen LogP contribution in [-0.2, 0) is 11.2 Å². The van der Waals surface area contributed by atoms with E-state index < -0.39 is 0 Å². The summed E-state index contributed by atoms with van der Waals surface area (Å²) in [7, 11) is 1.64. The average molecular weight is 335 g/mol. The molecule has 1 aromatic heterocycles. The van der Waals surface area contributed by atoms with E-state index in [4.69, 9.17) is 9.72 Å². The van der Waals surface area contributed by atoms with Gasteiger partial charge in [0.25, 0.3) is 0 Å². The third kappa shape index (κ3) is 3.09. The SMILES string of the molecule is COc1ccc(CC(=O)N2CCC[C@@H]2c2nc3ccccc3[nH]2)cc1. The highest BCUT2D eigenvalue weighted by Gasteiger charge is 2.31. The Kier molecular flexibility index (Phi) is 4.14. The van der Waals surface area contributed by atoms with Gasteiger partial charge < -0.3 is 14.6 Å². The quantitative estimate of drug-likeness (QED) is 0.794. The van der Waals surface area contributed by atoms with Crippen molar-refractivity contribution in [1.29, 1.82) is 0 Å². The van der Waals surface area contributed by atoms with Gasteiger partial charge in [-0.3, -0.25) is 4.79 Å². The van der Waals surface area contributed by atoms with E-state index in [0.717, 1.165) is 47.6 Å². The normalized spacial score (nSPS) is 17.2. The summed E-state index contributed by atoms with van der Waals surface area (Å²) in [5.41, 5.74) is 2.97. The summed E-state index contributed by atoms with van der Waals surface area (Å²) in [5.74, 6) is 1.84. The van der Waals surface area contributed by atoms with E-state index in [0.29, 0.717) is 6.42 Å². The number of carbonyl (C=O) groups is 1. The molecular weight excluding hydrogens is 314 g/mol. The molecule has 2 heterocycles. The molecule has 1 aliphatic rings. The highest BCUT2D eigenvalue weighted by Crippen LogP contribution is 2.32. The van der Waals surface area contributed by atoms with Gasteiger partial charge >= 0.3 is 0 Å². The standard InChI is InChI=1S/C20H21N3O2/c1-25-15-10-8-14(9-11-15)13-19(24)23-12-4-7-18(23)20-21-16-5-2-3-6-17(16)22-20/h2-3,5-6,8-11,18H,4,7,12-13H2,1H3,(H,21,22)/t18-/m1/s1. The second kappa shape index (κ2) is 6.59. The first kappa shape index (κ1) is 15.7. The van der Waals surface area contributed by atoms with Crippen molar-refractivity contribution >= 4 is 16.9 Å². The van der Waals surface area contributed by atoms with Crippen LogP contribution >= 0.6 is 0 Å². The maximum Gasteiger partial charge on any atom is 0.227 e. The highest BCUT2D eigenvalue weighted by atomic mass is 16.5. The van der Waals surface area contributed by atoms with Crippen LogP contribution in [0, 0.1) is 0 Å². The number of rotatable bonds is 4. The smallest absolute Gasteiger partial charge is 0.227 e. The van der Waals surface area contributed by atoms with Gasteiger partial charge in [0, 0.05) is 6.54 Å². The molecule has 2 aromatic carbocycles. The van der Waals surface area contributed by atoms with Gasteiger partial charge in [0.1, 0.15) is 11.6 Å². The Bertz CT molecular complexity index is 852. The van der Waals surface area contributed by atoms with Gasteiger partial charge in [-0.05, 0) is 42.7 Å². The number of aromatic amines is 1. The number of nitrogens with one attached hydrogen (secondary N) is 1. The first-order valence-electron chi connectivity index (χ1n) is 8.61. The fraction of sp³-hybridized carbons (Fsp3) is 0.300. The Balaban J connectivity index is 1.52. The van der Waals surface area contributed by atoms with Crippen molar-refractivity contribution in [2.24, 2.45) is 0 Å². The third-order valence-electron chi connectivity index (χ3n) is 4.81. The number of aromatic nitrogens is 2. The number of likely N-dealkylation sites (tertiary alicyclic amines) is 1. The molecule has 1 N–H and O–H groups in total. The Morgan fingerprint density at radius 1 is 1.24 bits per heavy atom. The fourth-order valence-corrected chi connectivity index (χ4v) is 3.50.